The van der Waals surface area contributed by atoms with Crippen molar-refractivity contribution >= 4 is 11.6 Å². The van der Waals surface area contributed by atoms with Crippen LogP contribution in [0, 0.1) is 0 Å². The number of hydrogen-bond acceptors (Lipinski definition) is 4. The van der Waals surface area contributed by atoms with E-state index >= 15 is 0 Å². The van der Waals surface area contributed by atoms with Gasteiger partial charge in [-0.05, 0) is 12.1 Å². The van der Waals surface area contributed by atoms with Crippen molar-refractivity contribution in [3.8, 4) is 5.75 Å². The lowest BCUT2D eigenvalue weighted by Crippen LogP contribution is -2.01. The molecule has 1 heterocycles. The number of fused-ring (bicyclic) bond motifs is 1. The van der Waals surface area contributed by atoms with E-state index in [1.807, 2.05) is 6.07 Å². The number of Topliss-reactive ketones (excluding diaryl/α,β-unsaturated/α-hetero) is 1. The molecule has 0 unspecified atom stereocenters. The first-order valence-electron chi connectivity index (χ1n) is 6.14. The molecule has 0 bridgehead atoms. The maximum Gasteiger partial charge on any atom is 0.204 e. The number of hydrogen-bond donors (Lipinski definition) is 1. The zero-order chi connectivity index (χ0) is 14.1. The maximum atomic E-state index is 12.3. The highest BCUT2D eigenvalue weighted by Crippen LogP contribution is 2.33. The molecule has 0 fully saturated rings. The molecule has 5 heteroatoms. The lowest BCUT2D eigenvalue weighted by molar-refractivity contribution is 0.101. The molecule has 100 valence electrons. The standard InChI is InChI=1S/C15H12N2O3/c1-20-14-4-2-3-10-11(14)5-9(15(10)19)6-13(18)12-7-16-8-17-12/h2-4,6-8H,5H2,1H3,(H,16,17)/b9-6+. The van der Waals surface area contributed by atoms with Gasteiger partial charge in [-0.25, -0.2) is 4.98 Å². The Morgan fingerprint density at radius 2 is 2.30 bits per heavy atom. The van der Waals surface area contributed by atoms with E-state index in [2.05, 4.69) is 9.97 Å². The van der Waals surface area contributed by atoms with Crippen LogP contribution in [-0.2, 0) is 6.42 Å². The van der Waals surface area contributed by atoms with Gasteiger partial charge in [-0.3, -0.25) is 9.59 Å². The van der Waals surface area contributed by atoms with Crippen LogP contribution in [0.1, 0.15) is 26.4 Å². The fourth-order valence-electron chi connectivity index (χ4n) is 2.34. The Balaban J connectivity index is 1.96. The Morgan fingerprint density at radius 1 is 1.45 bits per heavy atom. The number of aromatic nitrogens is 2. The van der Waals surface area contributed by atoms with Crippen LogP contribution >= 0.6 is 0 Å². The van der Waals surface area contributed by atoms with E-state index in [0.29, 0.717) is 29.0 Å². The molecule has 2 aromatic rings. The fraction of sp³-hybridized carbons (Fsp3) is 0.133. The van der Waals surface area contributed by atoms with Crippen molar-refractivity contribution in [2.24, 2.45) is 0 Å². The Labute approximate surface area is 115 Å². The second kappa shape index (κ2) is 4.77. The fourth-order valence-corrected chi connectivity index (χ4v) is 2.34. The maximum absolute atomic E-state index is 12.3. The summed E-state index contributed by atoms with van der Waals surface area (Å²) in [5.41, 5.74) is 2.29. The number of rotatable bonds is 3. The van der Waals surface area contributed by atoms with E-state index < -0.39 is 0 Å². The molecular formula is C15H12N2O3. The van der Waals surface area contributed by atoms with E-state index in [4.69, 9.17) is 4.74 Å². The number of benzene rings is 1. The summed E-state index contributed by atoms with van der Waals surface area (Å²) in [5, 5.41) is 0. The van der Waals surface area contributed by atoms with Crippen molar-refractivity contribution in [3.05, 3.63) is 59.2 Å². The Morgan fingerprint density at radius 3 is 3.00 bits per heavy atom. The molecule has 0 atom stereocenters. The number of carbonyl (C=O) groups is 2. The molecule has 1 aromatic heterocycles. The summed E-state index contributed by atoms with van der Waals surface area (Å²) >= 11 is 0. The van der Waals surface area contributed by atoms with Crippen LogP contribution in [0.5, 0.6) is 5.75 Å². The minimum Gasteiger partial charge on any atom is -0.496 e. The number of methoxy groups -OCH3 is 1. The second-order valence-corrected chi connectivity index (χ2v) is 4.49. The zero-order valence-electron chi connectivity index (χ0n) is 10.8. The summed E-state index contributed by atoms with van der Waals surface area (Å²) in [6.45, 7) is 0. The predicted molar refractivity (Wildman–Crippen MR) is 72.0 cm³/mol. The average molecular weight is 268 g/mol. The van der Waals surface area contributed by atoms with Crippen LogP contribution in [0.3, 0.4) is 0 Å². The number of ketones is 2. The molecule has 0 saturated carbocycles. The topological polar surface area (TPSA) is 72.0 Å². The minimum atomic E-state index is -0.252. The highest BCUT2D eigenvalue weighted by atomic mass is 16.5. The molecule has 5 nitrogen and oxygen atoms in total. The first-order valence-corrected chi connectivity index (χ1v) is 6.14. The summed E-state index contributed by atoms with van der Waals surface area (Å²) in [5.74, 6) is 0.303. The van der Waals surface area contributed by atoms with Gasteiger partial charge in [-0.1, -0.05) is 12.1 Å². The number of carbonyl (C=O) groups excluding carboxylic acids is 2. The highest BCUT2D eigenvalue weighted by molar-refractivity contribution is 6.18. The van der Waals surface area contributed by atoms with E-state index in [1.54, 1.807) is 19.2 Å². The largest absolute Gasteiger partial charge is 0.496 e. The third kappa shape index (κ3) is 1.93. The summed E-state index contributed by atoms with van der Waals surface area (Å²) in [7, 11) is 1.57. The summed E-state index contributed by atoms with van der Waals surface area (Å²) in [6.07, 6.45) is 4.65. The minimum absolute atomic E-state index is 0.119. The lowest BCUT2D eigenvalue weighted by Gasteiger charge is -2.04. The summed E-state index contributed by atoms with van der Waals surface area (Å²) in [6, 6.07) is 5.34. The van der Waals surface area contributed by atoms with Crippen LogP contribution in [0.15, 0.2) is 42.4 Å². The molecular weight excluding hydrogens is 256 g/mol. The van der Waals surface area contributed by atoms with Gasteiger partial charge < -0.3 is 9.72 Å². The Hall–Kier alpha value is -2.69. The molecule has 0 radical (unpaired) electrons. The quantitative estimate of drug-likeness (QED) is 0.682. The molecule has 1 aliphatic rings. The average Bonchev–Trinajstić information content (AvgIpc) is 3.08. The van der Waals surface area contributed by atoms with Crippen molar-refractivity contribution in [3.63, 3.8) is 0 Å². The Bertz CT molecular complexity index is 715. The van der Waals surface area contributed by atoms with Crippen LogP contribution in [0.2, 0.25) is 0 Å². The van der Waals surface area contributed by atoms with Crippen molar-refractivity contribution < 1.29 is 14.3 Å². The van der Waals surface area contributed by atoms with Gasteiger partial charge in [0.15, 0.2) is 5.78 Å². The molecule has 1 aliphatic carbocycles. The number of ether oxygens (including phenoxy) is 1. The molecule has 0 saturated heterocycles. The monoisotopic (exact) mass is 268 g/mol. The van der Waals surface area contributed by atoms with Crippen molar-refractivity contribution in [1.82, 2.24) is 9.97 Å². The van der Waals surface area contributed by atoms with E-state index in [-0.39, 0.29) is 11.6 Å². The molecule has 1 N–H and O–H groups in total. The first kappa shape index (κ1) is 12.3. The number of imidazole rings is 1. The van der Waals surface area contributed by atoms with E-state index in [0.717, 1.165) is 5.56 Å². The number of nitrogens with one attached hydrogen (secondary N) is 1. The van der Waals surface area contributed by atoms with Crippen LogP contribution in [0.25, 0.3) is 0 Å². The lowest BCUT2D eigenvalue weighted by atomic mass is 10.1. The van der Waals surface area contributed by atoms with Gasteiger partial charge in [0.05, 0.1) is 19.6 Å². The molecule has 0 aliphatic heterocycles. The van der Waals surface area contributed by atoms with Crippen molar-refractivity contribution in [1.29, 1.82) is 0 Å². The zero-order valence-corrected chi connectivity index (χ0v) is 10.8. The van der Waals surface area contributed by atoms with Crippen molar-refractivity contribution in [2.75, 3.05) is 7.11 Å². The summed E-state index contributed by atoms with van der Waals surface area (Å²) in [4.78, 5) is 30.8. The third-order valence-corrected chi connectivity index (χ3v) is 3.33. The van der Waals surface area contributed by atoms with Crippen LogP contribution < -0.4 is 4.74 Å². The molecule has 0 amide bonds. The first-order chi connectivity index (χ1) is 9.70. The third-order valence-electron chi connectivity index (χ3n) is 3.33. The van der Waals surface area contributed by atoms with Gasteiger partial charge in [0.2, 0.25) is 5.78 Å². The molecule has 0 spiro atoms. The molecule has 20 heavy (non-hydrogen) atoms. The predicted octanol–water partition coefficient (Wildman–Crippen LogP) is 1.97. The summed E-state index contributed by atoms with van der Waals surface area (Å²) < 4.78 is 5.25. The van der Waals surface area contributed by atoms with Gasteiger partial charge >= 0.3 is 0 Å². The van der Waals surface area contributed by atoms with Crippen LogP contribution in [0.4, 0.5) is 0 Å². The number of allylic oxidation sites excluding steroid dienone is 2. The van der Waals surface area contributed by atoms with E-state index in [9.17, 15) is 9.59 Å². The van der Waals surface area contributed by atoms with Crippen LogP contribution in [-0.4, -0.2) is 28.6 Å². The molecule has 3 rings (SSSR count). The normalized spacial score (nSPS) is 15.4. The van der Waals surface area contributed by atoms with Gasteiger partial charge in [-0.2, -0.15) is 0 Å². The van der Waals surface area contributed by atoms with Gasteiger partial charge in [0, 0.05) is 23.1 Å². The van der Waals surface area contributed by atoms with Crippen molar-refractivity contribution in [2.45, 2.75) is 6.42 Å². The number of H-pyrrole nitrogens is 1. The van der Waals surface area contributed by atoms with E-state index in [1.165, 1.54) is 18.6 Å². The molecule has 1 aromatic carbocycles. The number of aromatic amines is 1. The SMILES string of the molecule is COc1cccc2c1C/C(=C\C(=O)c1cnc[nH]1)C2=O. The second-order valence-electron chi connectivity index (χ2n) is 4.49. The smallest absolute Gasteiger partial charge is 0.204 e. The Kier molecular flexibility index (Phi) is 2.95. The highest BCUT2D eigenvalue weighted by Gasteiger charge is 2.28. The van der Waals surface area contributed by atoms with Gasteiger partial charge in [-0.15, -0.1) is 0 Å². The van der Waals surface area contributed by atoms with Gasteiger partial charge in [0.1, 0.15) is 11.4 Å². The van der Waals surface area contributed by atoms with Gasteiger partial charge in [0.25, 0.3) is 0 Å². The number of nitrogens with zero attached hydrogens (tertiary/aromatic N) is 1.